The first-order valence-corrected chi connectivity index (χ1v) is 10.1. The van der Waals surface area contributed by atoms with Gasteiger partial charge in [0, 0.05) is 31.9 Å². The van der Waals surface area contributed by atoms with Gasteiger partial charge in [0.1, 0.15) is 5.75 Å². The van der Waals surface area contributed by atoms with E-state index in [0.717, 1.165) is 0 Å². The molecular weight excluding hydrogens is 418 g/mol. The van der Waals surface area contributed by atoms with Crippen LogP contribution in [-0.4, -0.2) is 57.8 Å². The standard InChI is InChI=1S/C23H31NO8/c1-14-10-17(25)21(23(27)24(14)8-7-9-28-2)16(13-20(26)31-5)15-11-18(29-3)22(32-6)19(12-15)30-4/h10-12,16,25H,7-9,13H2,1-6H3. The molecule has 32 heavy (non-hydrogen) atoms. The topological polar surface area (TPSA) is 105 Å². The number of aromatic hydroxyl groups is 1. The number of methoxy groups -OCH3 is 5. The van der Waals surface area contributed by atoms with Crippen molar-refractivity contribution in [3.8, 4) is 23.0 Å². The zero-order valence-electron chi connectivity index (χ0n) is 19.4. The Morgan fingerprint density at radius 3 is 2.16 bits per heavy atom. The summed E-state index contributed by atoms with van der Waals surface area (Å²) >= 11 is 0. The van der Waals surface area contributed by atoms with E-state index in [1.54, 1.807) is 30.7 Å². The average Bonchev–Trinajstić information content (AvgIpc) is 2.79. The fourth-order valence-electron chi connectivity index (χ4n) is 3.68. The molecule has 1 heterocycles. The molecule has 0 aliphatic heterocycles. The molecule has 0 aliphatic carbocycles. The van der Waals surface area contributed by atoms with E-state index in [9.17, 15) is 14.7 Å². The number of aryl methyl sites for hydroxylation is 1. The lowest BCUT2D eigenvalue weighted by Crippen LogP contribution is -2.29. The molecule has 0 saturated carbocycles. The molecule has 9 nitrogen and oxygen atoms in total. The van der Waals surface area contributed by atoms with E-state index in [-0.39, 0.29) is 23.3 Å². The van der Waals surface area contributed by atoms with Gasteiger partial charge in [-0.05, 0) is 37.1 Å². The van der Waals surface area contributed by atoms with Gasteiger partial charge in [-0.2, -0.15) is 0 Å². The Bertz CT molecular complexity index is 973. The van der Waals surface area contributed by atoms with Gasteiger partial charge in [0.05, 0.1) is 40.4 Å². The summed E-state index contributed by atoms with van der Waals surface area (Å²) in [7, 11) is 7.29. The number of aromatic nitrogens is 1. The second kappa shape index (κ2) is 11.4. The van der Waals surface area contributed by atoms with E-state index < -0.39 is 11.9 Å². The van der Waals surface area contributed by atoms with Gasteiger partial charge in [0.15, 0.2) is 11.5 Å². The van der Waals surface area contributed by atoms with Crippen LogP contribution < -0.4 is 19.8 Å². The van der Waals surface area contributed by atoms with Crippen LogP contribution in [0, 0.1) is 6.92 Å². The van der Waals surface area contributed by atoms with Crippen molar-refractivity contribution < 1.29 is 33.6 Å². The Morgan fingerprint density at radius 1 is 1.03 bits per heavy atom. The quantitative estimate of drug-likeness (QED) is 0.412. The Hall–Kier alpha value is -3.20. The van der Waals surface area contributed by atoms with E-state index >= 15 is 0 Å². The van der Waals surface area contributed by atoms with Crippen molar-refractivity contribution in [2.24, 2.45) is 0 Å². The molecule has 9 heteroatoms. The minimum absolute atomic E-state index is 0.0905. The highest BCUT2D eigenvalue weighted by Gasteiger charge is 2.28. The maximum absolute atomic E-state index is 13.4. The van der Waals surface area contributed by atoms with Crippen LogP contribution in [0.2, 0.25) is 0 Å². The van der Waals surface area contributed by atoms with Crippen molar-refractivity contribution in [1.29, 1.82) is 0 Å². The third-order valence-corrected chi connectivity index (χ3v) is 5.29. The normalized spacial score (nSPS) is 11.7. The summed E-state index contributed by atoms with van der Waals surface area (Å²) in [5.74, 6) is -0.432. The number of nitrogens with zero attached hydrogens (tertiary/aromatic N) is 1. The number of carbonyl (C=O) groups is 1. The van der Waals surface area contributed by atoms with Gasteiger partial charge in [-0.3, -0.25) is 9.59 Å². The van der Waals surface area contributed by atoms with Crippen molar-refractivity contribution in [2.45, 2.75) is 32.2 Å². The van der Waals surface area contributed by atoms with E-state index in [1.807, 2.05) is 0 Å². The largest absolute Gasteiger partial charge is 0.507 e. The van der Waals surface area contributed by atoms with E-state index in [0.29, 0.717) is 48.1 Å². The SMILES string of the molecule is COCCCn1c(C)cc(O)c(C(CC(=O)OC)c2cc(OC)c(OC)c(OC)c2)c1=O. The van der Waals surface area contributed by atoms with Crippen molar-refractivity contribution in [3.05, 3.63) is 45.4 Å². The molecule has 0 saturated heterocycles. The molecule has 1 aromatic carbocycles. The third-order valence-electron chi connectivity index (χ3n) is 5.29. The Morgan fingerprint density at radius 2 is 1.66 bits per heavy atom. The van der Waals surface area contributed by atoms with E-state index in [4.69, 9.17) is 23.7 Å². The number of ether oxygens (including phenoxy) is 5. The highest BCUT2D eigenvalue weighted by atomic mass is 16.5. The Labute approximate surface area is 187 Å². The molecule has 1 aromatic heterocycles. The lowest BCUT2D eigenvalue weighted by molar-refractivity contribution is -0.140. The van der Waals surface area contributed by atoms with Gasteiger partial charge >= 0.3 is 5.97 Å². The Kier molecular flexibility index (Phi) is 8.95. The van der Waals surface area contributed by atoms with Crippen LogP contribution in [0.15, 0.2) is 23.0 Å². The first-order chi connectivity index (χ1) is 15.3. The van der Waals surface area contributed by atoms with Crippen LogP contribution in [0.3, 0.4) is 0 Å². The minimum Gasteiger partial charge on any atom is -0.507 e. The molecule has 0 amide bonds. The maximum atomic E-state index is 13.4. The van der Waals surface area contributed by atoms with Crippen LogP contribution in [0.5, 0.6) is 23.0 Å². The van der Waals surface area contributed by atoms with Gasteiger partial charge in [0.2, 0.25) is 5.75 Å². The van der Waals surface area contributed by atoms with Crippen LogP contribution >= 0.6 is 0 Å². The van der Waals surface area contributed by atoms with Crippen molar-refractivity contribution >= 4 is 5.97 Å². The summed E-state index contributed by atoms with van der Waals surface area (Å²) in [4.78, 5) is 25.7. The first-order valence-electron chi connectivity index (χ1n) is 10.1. The van der Waals surface area contributed by atoms with Crippen LogP contribution in [0.25, 0.3) is 0 Å². The number of esters is 1. The fourth-order valence-corrected chi connectivity index (χ4v) is 3.68. The number of benzene rings is 1. The molecule has 2 rings (SSSR count). The van der Waals surface area contributed by atoms with Crippen LogP contribution in [-0.2, 0) is 20.8 Å². The smallest absolute Gasteiger partial charge is 0.306 e. The summed E-state index contributed by atoms with van der Waals surface area (Å²) in [6.45, 7) is 2.64. The molecule has 176 valence electrons. The molecule has 0 spiro atoms. The van der Waals surface area contributed by atoms with E-state index in [2.05, 4.69) is 0 Å². The molecule has 0 radical (unpaired) electrons. The molecular formula is C23H31NO8. The monoisotopic (exact) mass is 449 g/mol. The lowest BCUT2D eigenvalue weighted by atomic mass is 9.87. The van der Waals surface area contributed by atoms with Crippen LogP contribution in [0.1, 0.15) is 35.6 Å². The van der Waals surface area contributed by atoms with Crippen molar-refractivity contribution in [3.63, 3.8) is 0 Å². The fraction of sp³-hybridized carbons (Fsp3) is 0.478. The molecule has 0 bridgehead atoms. The summed E-state index contributed by atoms with van der Waals surface area (Å²) in [5.41, 5.74) is 0.840. The van der Waals surface area contributed by atoms with Crippen LogP contribution in [0.4, 0.5) is 0 Å². The molecule has 1 N–H and O–H groups in total. The van der Waals surface area contributed by atoms with Gasteiger partial charge in [0.25, 0.3) is 5.56 Å². The molecule has 0 fully saturated rings. The predicted octanol–water partition coefficient (Wildman–Crippen LogP) is 2.62. The second-order valence-electron chi connectivity index (χ2n) is 7.18. The highest BCUT2D eigenvalue weighted by molar-refractivity contribution is 5.72. The Balaban J connectivity index is 2.73. The predicted molar refractivity (Wildman–Crippen MR) is 118 cm³/mol. The number of rotatable bonds is 11. The van der Waals surface area contributed by atoms with Gasteiger partial charge in [-0.15, -0.1) is 0 Å². The zero-order chi connectivity index (χ0) is 23.8. The number of hydrogen-bond acceptors (Lipinski definition) is 8. The molecule has 0 aliphatic rings. The third kappa shape index (κ3) is 5.34. The first kappa shape index (κ1) is 25.1. The average molecular weight is 450 g/mol. The summed E-state index contributed by atoms with van der Waals surface area (Å²) in [6.07, 6.45) is 0.451. The van der Waals surface area contributed by atoms with Gasteiger partial charge in [-0.25, -0.2) is 0 Å². The summed E-state index contributed by atoms with van der Waals surface area (Å²) < 4.78 is 27.7. The van der Waals surface area contributed by atoms with Crippen molar-refractivity contribution in [2.75, 3.05) is 42.2 Å². The zero-order valence-corrected chi connectivity index (χ0v) is 19.4. The molecule has 1 atom stereocenters. The minimum atomic E-state index is -0.807. The summed E-state index contributed by atoms with van der Waals surface area (Å²) in [6, 6.07) is 4.83. The lowest BCUT2D eigenvalue weighted by Gasteiger charge is -2.22. The maximum Gasteiger partial charge on any atom is 0.306 e. The molecule has 1 unspecified atom stereocenters. The number of carbonyl (C=O) groups excluding carboxylic acids is 1. The van der Waals surface area contributed by atoms with Crippen molar-refractivity contribution in [1.82, 2.24) is 4.57 Å². The number of pyridine rings is 1. The second-order valence-corrected chi connectivity index (χ2v) is 7.18. The number of hydrogen-bond donors (Lipinski definition) is 1. The van der Waals surface area contributed by atoms with Gasteiger partial charge < -0.3 is 33.4 Å². The van der Waals surface area contributed by atoms with E-state index in [1.165, 1.54) is 34.5 Å². The van der Waals surface area contributed by atoms with Gasteiger partial charge in [-0.1, -0.05) is 0 Å². The summed E-state index contributed by atoms with van der Waals surface area (Å²) in [5, 5.41) is 10.8. The molecule has 2 aromatic rings. The highest BCUT2D eigenvalue weighted by Crippen LogP contribution is 2.43.